The predicted octanol–water partition coefficient (Wildman–Crippen LogP) is 7.94. The third-order valence-corrected chi connectivity index (χ3v) is 7.24. The molecule has 0 atom stereocenters. The van der Waals surface area contributed by atoms with Gasteiger partial charge in [0.1, 0.15) is 5.82 Å². The van der Waals surface area contributed by atoms with Gasteiger partial charge >= 0.3 is 6.18 Å². The van der Waals surface area contributed by atoms with Crippen molar-refractivity contribution in [3.8, 4) is 27.5 Å². The van der Waals surface area contributed by atoms with Gasteiger partial charge in [0.15, 0.2) is 0 Å². The molecular formula is C24H21F4N3S2. The van der Waals surface area contributed by atoms with Crippen LogP contribution in [0.2, 0.25) is 0 Å². The summed E-state index contributed by atoms with van der Waals surface area (Å²) in [5.74, 6) is -0.325. The van der Waals surface area contributed by atoms with Crippen molar-refractivity contribution in [2.45, 2.75) is 43.3 Å². The lowest BCUT2D eigenvalue weighted by atomic mass is 10.0. The van der Waals surface area contributed by atoms with E-state index in [0.29, 0.717) is 16.4 Å². The fraction of sp³-hybridized carbons (Fsp3) is 0.250. The minimum atomic E-state index is -4.39. The number of aryl methyl sites for hydroxylation is 1. The van der Waals surface area contributed by atoms with Gasteiger partial charge in [-0.05, 0) is 43.7 Å². The highest BCUT2D eigenvalue weighted by Gasteiger charge is 2.30. The first kappa shape index (κ1) is 23.5. The molecule has 0 spiro atoms. The zero-order valence-electron chi connectivity index (χ0n) is 18.4. The number of nitrogens with zero attached hydrogens (tertiary/aromatic N) is 3. The summed E-state index contributed by atoms with van der Waals surface area (Å²) in [5, 5.41) is 5.51. The van der Waals surface area contributed by atoms with E-state index in [1.807, 2.05) is 33.8 Å². The Morgan fingerprint density at radius 1 is 1.00 bits per heavy atom. The number of thiazole rings is 1. The molecule has 0 N–H and O–H groups in total. The van der Waals surface area contributed by atoms with Gasteiger partial charge in [0.25, 0.3) is 0 Å². The lowest BCUT2D eigenvalue weighted by Gasteiger charge is -2.08. The van der Waals surface area contributed by atoms with Crippen molar-refractivity contribution in [3.63, 3.8) is 0 Å². The molecule has 172 valence electrons. The van der Waals surface area contributed by atoms with E-state index in [2.05, 4.69) is 5.10 Å². The van der Waals surface area contributed by atoms with Crippen LogP contribution in [0.5, 0.6) is 0 Å². The van der Waals surface area contributed by atoms with Crippen molar-refractivity contribution in [2.75, 3.05) is 0 Å². The van der Waals surface area contributed by atoms with Crippen LogP contribution in [0.4, 0.5) is 17.6 Å². The molecule has 9 heteroatoms. The molecule has 0 saturated heterocycles. The molecule has 0 radical (unpaired) electrons. The van der Waals surface area contributed by atoms with Crippen LogP contribution in [0, 0.1) is 19.7 Å². The van der Waals surface area contributed by atoms with Crippen LogP contribution in [0.15, 0.2) is 52.7 Å². The Hall–Kier alpha value is -2.65. The molecule has 0 fully saturated rings. The third kappa shape index (κ3) is 4.84. The van der Waals surface area contributed by atoms with Crippen molar-refractivity contribution >= 4 is 23.1 Å². The predicted molar refractivity (Wildman–Crippen MR) is 126 cm³/mol. The van der Waals surface area contributed by atoms with E-state index in [0.717, 1.165) is 38.9 Å². The van der Waals surface area contributed by atoms with Gasteiger partial charge in [-0.25, -0.2) is 14.1 Å². The number of alkyl halides is 3. The summed E-state index contributed by atoms with van der Waals surface area (Å²) in [7, 11) is 0. The minimum absolute atomic E-state index is 0.259. The number of halogens is 4. The van der Waals surface area contributed by atoms with Crippen molar-refractivity contribution in [1.82, 2.24) is 14.8 Å². The van der Waals surface area contributed by atoms with Gasteiger partial charge < -0.3 is 0 Å². The Labute approximate surface area is 197 Å². The van der Waals surface area contributed by atoms with E-state index >= 15 is 0 Å². The first-order chi connectivity index (χ1) is 15.5. The molecule has 2 aromatic carbocycles. The van der Waals surface area contributed by atoms with Crippen molar-refractivity contribution < 1.29 is 17.6 Å². The zero-order valence-corrected chi connectivity index (χ0v) is 20.0. The molecular weight excluding hydrogens is 470 g/mol. The van der Waals surface area contributed by atoms with E-state index in [4.69, 9.17) is 4.98 Å². The summed E-state index contributed by atoms with van der Waals surface area (Å²) in [6.45, 7) is 7.85. The Bertz CT molecular complexity index is 1290. The Kier molecular flexibility index (Phi) is 6.37. The molecule has 0 amide bonds. The molecule has 0 aliphatic carbocycles. The maximum absolute atomic E-state index is 13.8. The lowest BCUT2D eigenvalue weighted by Crippen LogP contribution is -2.04. The average molecular weight is 492 g/mol. The first-order valence-corrected chi connectivity index (χ1v) is 11.9. The summed E-state index contributed by atoms with van der Waals surface area (Å²) in [6.07, 6.45) is -4.39. The second kappa shape index (κ2) is 8.95. The Morgan fingerprint density at radius 3 is 2.30 bits per heavy atom. The summed E-state index contributed by atoms with van der Waals surface area (Å²) in [5.41, 5.74) is 3.65. The fourth-order valence-corrected chi connectivity index (χ4v) is 6.09. The second-order valence-corrected chi connectivity index (χ2v) is 10.7. The summed E-state index contributed by atoms with van der Waals surface area (Å²) in [4.78, 5) is 4.76. The van der Waals surface area contributed by atoms with Crippen LogP contribution in [0.3, 0.4) is 0 Å². The molecule has 3 nitrogen and oxygen atoms in total. The van der Waals surface area contributed by atoms with Gasteiger partial charge in [-0.15, -0.1) is 11.8 Å². The van der Waals surface area contributed by atoms with Crippen molar-refractivity contribution in [1.29, 1.82) is 0 Å². The van der Waals surface area contributed by atoms with Gasteiger partial charge in [-0.1, -0.05) is 49.4 Å². The van der Waals surface area contributed by atoms with Gasteiger partial charge in [-0.2, -0.15) is 18.3 Å². The molecule has 0 bridgehead atoms. The molecule has 33 heavy (non-hydrogen) atoms. The van der Waals surface area contributed by atoms with Gasteiger partial charge in [-0.3, -0.25) is 0 Å². The van der Waals surface area contributed by atoms with Crippen LogP contribution < -0.4 is 0 Å². The lowest BCUT2D eigenvalue weighted by molar-refractivity contribution is -0.137. The number of hydrogen-bond donors (Lipinski definition) is 0. The molecule has 4 aromatic rings. The highest BCUT2D eigenvalue weighted by molar-refractivity contribution is 8.01. The SMILES string of the molecule is Cc1nn(-c2nc(-c3ccc(C(F)(F)F)cc3)c(SC(C)C)s2)c(C)c1-c1cccc(F)c1. The zero-order chi connectivity index (χ0) is 23.9. The quantitative estimate of drug-likeness (QED) is 0.210. The molecule has 4 rings (SSSR count). The van der Waals surface area contributed by atoms with Crippen molar-refractivity contribution in [3.05, 3.63) is 71.3 Å². The fourth-order valence-electron chi connectivity index (χ4n) is 3.57. The molecule has 0 aliphatic rings. The summed E-state index contributed by atoms with van der Waals surface area (Å²) < 4.78 is 55.4. The van der Waals surface area contributed by atoms with Crippen molar-refractivity contribution in [2.24, 2.45) is 0 Å². The Morgan fingerprint density at radius 2 is 1.70 bits per heavy atom. The maximum Gasteiger partial charge on any atom is 0.416 e. The molecule has 0 unspecified atom stereocenters. The highest BCUT2D eigenvalue weighted by Crippen LogP contribution is 2.41. The molecule has 0 saturated carbocycles. The van der Waals surface area contributed by atoms with E-state index in [-0.39, 0.29) is 11.1 Å². The van der Waals surface area contributed by atoms with Crippen LogP contribution in [0.1, 0.15) is 30.8 Å². The Balaban J connectivity index is 1.80. The largest absolute Gasteiger partial charge is 0.416 e. The van der Waals surface area contributed by atoms with E-state index in [1.54, 1.807) is 22.5 Å². The minimum Gasteiger partial charge on any atom is -0.217 e. The smallest absolute Gasteiger partial charge is 0.217 e. The number of thioether (sulfide) groups is 1. The van der Waals surface area contributed by atoms with E-state index < -0.39 is 11.7 Å². The standard InChI is InChI=1S/C24H21F4N3S2/c1-13(2)32-22-21(16-8-10-18(11-9-16)24(26,27)28)29-23(33-22)31-15(4)20(14(3)30-31)17-6-5-7-19(25)12-17/h5-13H,1-4H3. The number of benzene rings is 2. The van der Waals surface area contributed by atoms with E-state index in [9.17, 15) is 17.6 Å². The summed E-state index contributed by atoms with van der Waals surface area (Å²) in [6, 6.07) is 11.4. The number of rotatable bonds is 5. The van der Waals surface area contributed by atoms with Crippen LogP contribution in [-0.2, 0) is 6.18 Å². The van der Waals surface area contributed by atoms with Gasteiger partial charge in [0.05, 0.1) is 26.9 Å². The van der Waals surface area contributed by atoms with E-state index in [1.165, 1.54) is 35.6 Å². The average Bonchev–Trinajstić information content (AvgIpc) is 3.27. The topological polar surface area (TPSA) is 30.7 Å². The third-order valence-electron chi connectivity index (χ3n) is 5.00. The second-order valence-electron chi connectivity index (χ2n) is 7.84. The molecule has 2 heterocycles. The van der Waals surface area contributed by atoms with Gasteiger partial charge in [0, 0.05) is 16.4 Å². The number of hydrogen-bond acceptors (Lipinski definition) is 4. The monoisotopic (exact) mass is 491 g/mol. The normalized spacial score (nSPS) is 12.0. The molecule has 2 aromatic heterocycles. The van der Waals surface area contributed by atoms with Crippen LogP contribution >= 0.6 is 23.1 Å². The maximum atomic E-state index is 13.8. The summed E-state index contributed by atoms with van der Waals surface area (Å²) >= 11 is 3.04. The van der Waals surface area contributed by atoms with Gasteiger partial charge in [0.2, 0.25) is 5.13 Å². The highest BCUT2D eigenvalue weighted by atomic mass is 32.2. The number of aromatic nitrogens is 3. The first-order valence-electron chi connectivity index (χ1n) is 10.2. The molecule has 0 aliphatic heterocycles. The van der Waals surface area contributed by atoms with Crippen LogP contribution in [-0.4, -0.2) is 20.0 Å². The van der Waals surface area contributed by atoms with Crippen LogP contribution in [0.25, 0.3) is 27.5 Å².